The van der Waals surface area contributed by atoms with E-state index in [0.717, 1.165) is 6.42 Å². The molecule has 1 heterocycles. The molecular weight excluding hydrogens is 344 g/mol. The number of carboxylic acids is 1. The summed E-state index contributed by atoms with van der Waals surface area (Å²) in [4.78, 5) is 37.8. The highest BCUT2D eigenvalue weighted by molar-refractivity contribution is 8.01. The fraction of sp³-hybridized carbons (Fsp3) is 0.824. The predicted molar refractivity (Wildman–Crippen MR) is 97.7 cm³/mol. The van der Waals surface area contributed by atoms with Gasteiger partial charge in [-0.05, 0) is 38.9 Å². The first-order valence-electron chi connectivity index (χ1n) is 8.71. The van der Waals surface area contributed by atoms with Crippen LogP contribution in [-0.2, 0) is 14.3 Å². The van der Waals surface area contributed by atoms with Crippen molar-refractivity contribution in [1.29, 1.82) is 0 Å². The van der Waals surface area contributed by atoms with E-state index in [1.807, 2.05) is 27.7 Å². The molecule has 0 aromatic heterocycles. The van der Waals surface area contributed by atoms with Gasteiger partial charge in [-0.2, -0.15) is 11.8 Å². The Labute approximate surface area is 153 Å². The second-order valence-corrected chi connectivity index (χ2v) is 9.22. The van der Waals surface area contributed by atoms with Crippen molar-refractivity contribution in [3.8, 4) is 0 Å². The van der Waals surface area contributed by atoms with Crippen LogP contribution in [0.15, 0.2) is 0 Å². The molecule has 0 saturated carbocycles. The summed E-state index contributed by atoms with van der Waals surface area (Å²) < 4.78 is 4.39. The van der Waals surface area contributed by atoms with Gasteiger partial charge in [0, 0.05) is 17.3 Å². The molecule has 0 aliphatic carbocycles. The van der Waals surface area contributed by atoms with E-state index < -0.39 is 22.9 Å². The zero-order valence-corrected chi connectivity index (χ0v) is 16.5. The fourth-order valence-electron chi connectivity index (χ4n) is 3.20. The topological polar surface area (TPSA) is 95.9 Å². The number of carboxylic acid groups (broad SMARTS) is 1. The van der Waals surface area contributed by atoms with E-state index in [4.69, 9.17) is 9.84 Å². The van der Waals surface area contributed by atoms with Crippen LogP contribution in [0.25, 0.3) is 0 Å². The summed E-state index contributed by atoms with van der Waals surface area (Å²) in [5, 5.41) is 12.0. The number of hydrogen-bond donors (Lipinski definition) is 2. The van der Waals surface area contributed by atoms with Crippen LogP contribution in [0.3, 0.4) is 0 Å². The van der Waals surface area contributed by atoms with E-state index in [0.29, 0.717) is 13.0 Å². The second kappa shape index (κ2) is 9.31. The maximum absolute atomic E-state index is 13.2. The molecule has 0 bridgehead atoms. The summed E-state index contributed by atoms with van der Waals surface area (Å²) in [6.45, 7) is 10.3. The number of carbonyl (C=O) groups is 3. The highest BCUT2D eigenvalue weighted by Crippen LogP contribution is 2.34. The molecule has 0 radical (unpaired) electrons. The standard InChI is InChI=1S/C17H30N2O5S/c1-6-24-16(23)18-14(17(4,5)25-11(2)3)15(22)19-9-7-8-12(19)10-13(20)21/h11-12,14H,6-10H2,1-5H3,(H,18,23)(H,20,21)/t12?,14-/m1/s1. The van der Waals surface area contributed by atoms with Gasteiger partial charge in [0.25, 0.3) is 0 Å². The van der Waals surface area contributed by atoms with Gasteiger partial charge < -0.3 is 20.1 Å². The third-order valence-corrected chi connectivity index (χ3v) is 5.40. The molecule has 1 aliphatic rings. The number of nitrogens with zero attached hydrogens (tertiary/aromatic N) is 1. The Morgan fingerprint density at radius 2 is 2.00 bits per heavy atom. The van der Waals surface area contributed by atoms with Crippen molar-refractivity contribution in [2.75, 3.05) is 13.2 Å². The van der Waals surface area contributed by atoms with Gasteiger partial charge in [-0.3, -0.25) is 9.59 Å². The minimum Gasteiger partial charge on any atom is -0.481 e. The van der Waals surface area contributed by atoms with Gasteiger partial charge in [-0.25, -0.2) is 4.79 Å². The maximum atomic E-state index is 13.2. The minimum atomic E-state index is -0.921. The molecule has 1 rings (SSSR count). The molecular formula is C17H30N2O5S. The van der Waals surface area contributed by atoms with Crippen molar-refractivity contribution in [2.45, 2.75) is 76.0 Å². The lowest BCUT2D eigenvalue weighted by Gasteiger charge is -2.38. The number of alkyl carbamates (subject to hydrolysis) is 1. The molecule has 25 heavy (non-hydrogen) atoms. The average Bonchev–Trinajstić information content (AvgIpc) is 2.90. The first kappa shape index (κ1) is 21.6. The van der Waals surface area contributed by atoms with Crippen molar-refractivity contribution in [3.63, 3.8) is 0 Å². The molecule has 0 spiro atoms. The van der Waals surface area contributed by atoms with E-state index in [1.54, 1.807) is 23.6 Å². The molecule has 1 fully saturated rings. The number of ether oxygens (including phenoxy) is 1. The minimum absolute atomic E-state index is 0.0738. The number of aliphatic carboxylic acids is 1. The van der Waals surface area contributed by atoms with Crippen LogP contribution < -0.4 is 5.32 Å². The van der Waals surface area contributed by atoms with E-state index in [9.17, 15) is 14.4 Å². The molecule has 1 unspecified atom stereocenters. The molecule has 1 saturated heterocycles. The smallest absolute Gasteiger partial charge is 0.407 e. The Morgan fingerprint density at radius 3 is 2.52 bits per heavy atom. The monoisotopic (exact) mass is 374 g/mol. The Kier molecular flexibility index (Phi) is 8.05. The van der Waals surface area contributed by atoms with Crippen LogP contribution >= 0.6 is 11.8 Å². The Bertz CT molecular complexity index is 495. The first-order chi connectivity index (χ1) is 11.6. The Morgan fingerprint density at radius 1 is 1.36 bits per heavy atom. The summed E-state index contributed by atoms with van der Waals surface area (Å²) >= 11 is 1.59. The van der Waals surface area contributed by atoms with Gasteiger partial charge in [0.15, 0.2) is 0 Å². The van der Waals surface area contributed by atoms with E-state index in [2.05, 4.69) is 5.32 Å². The number of likely N-dealkylation sites (tertiary alicyclic amines) is 1. The van der Waals surface area contributed by atoms with Crippen LogP contribution in [0, 0.1) is 0 Å². The lowest BCUT2D eigenvalue weighted by molar-refractivity contribution is -0.140. The number of nitrogens with one attached hydrogen (secondary N) is 1. The summed E-state index contributed by atoms with van der Waals surface area (Å²) in [6.07, 6.45) is 0.734. The molecule has 144 valence electrons. The Balaban J connectivity index is 3.02. The molecule has 2 atom stereocenters. The van der Waals surface area contributed by atoms with Gasteiger partial charge in [-0.1, -0.05) is 13.8 Å². The van der Waals surface area contributed by atoms with Gasteiger partial charge in [0.05, 0.1) is 13.0 Å². The zero-order valence-electron chi connectivity index (χ0n) is 15.7. The van der Waals surface area contributed by atoms with E-state index in [-0.39, 0.29) is 30.2 Å². The highest BCUT2D eigenvalue weighted by Gasteiger charge is 2.43. The molecule has 0 aromatic carbocycles. The normalized spacial score (nSPS) is 19.0. The number of thioether (sulfide) groups is 1. The third kappa shape index (κ3) is 6.41. The zero-order chi connectivity index (χ0) is 19.2. The molecule has 2 amide bonds. The largest absolute Gasteiger partial charge is 0.481 e. The highest BCUT2D eigenvalue weighted by atomic mass is 32.2. The molecule has 2 N–H and O–H groups in total. The van der Waals surface area contributed by atoms with Crippen molar-refractivity contribution in [1.82, 2.24) is 10.2 Å². The summed E-state index contributed by atoms with van der Waals surface area (Å²) in [5.74, 6) is -1.16. The van der Waals surface area contributed by atoms with Gasteiger partial charge in [0.1, 0.15) is 6.04 Å². The average molecular weight is 375 g/mol. The van der Waals surface area contributed by atoms with Crippen molar-refractivity contribution >= 4 is 29.7 Å². The van der Waals surface area contributed by atoms with Gasteiger partial charge in [0.2, 0.25) is 5.91 Å². The molecule has 7 nitrogen and oxygen atoms in total. The lowest BCUT2D eigenvalue weighted by Crippen LogP contribution is -2.58. The summed E-state index contributed by atoms with van der Waals surface area (Å²) in [6, 6.07) is -1.11. The van der Waals surface area contributed by atoms with E-state index >= 15 is 0 Å². The summed E-state index contributed by atoms with van der Waals surface area (Å²) in [7, 11) is 0. The lowest BCUT2D eigenvalue weighted by atomic mass is 10.0. The molecule has 0 aromatic rings. The molecule has 1 aliphatic heterocycles. The number of carbonyl (C=O) groups excluding carboxylic acids is 2. The predicted octanol–water partition coefficient (Wildman–Crippen LogP) is 2.49. The van der Waals surface area contributed by atoms with Gasteiger partial charge in [-0.15, -0.1) is 0 Å². The van der Waals surface area contributed by atoms with Gasteiger partial charge >= 0.3 is 12.1 Å². The number of hydrogen-bond acceptors (Lipinski definition) is 5. The van der Waals surface area contributed by atoms with Crippen LogP contribution in [0.1, 0.15) is 53.9 Å². The van der Waals surface area contributed by atoms with Crippen LogP contribution in [0.4, 0.5) is 4.79 Å². The summed E-state index contributed by atoms with van der Waals surface area (Å²) in [5.41, 5.74) is 0. The van der Waals surface area contributed by atoms with E-state index in [1.165, 1.54) is 0 Å². The Hall–Kier alpha value is -1.44. The molecule has 8 heteroatoms. The number of rotatable bonds is 8. The number of amides is 2. The second-order valence-electron chi connectivity index (χ2n) is 6.99. The van der Waals surface area contributed by atoms with Crippen LogP contribution in [0.5, 0.6) is 0 Å². The third-order valence-electron chi connectivity index (χ3n) is 4.09. The van der Waals surface area contributed by atoms with Crippen molar-refractivity contribution < 1.29 is 24.2 Å². The van der Waals surface area contributed by atoms with Crippen molar-refractivity contribution in [3.05, 3.63) is 0 Å². The van der Waals surface area contributed by atoms with Crippen LogP contribution in [0.2, 0.25) is 0 Å². The van der Waals surface area contributed by atoms with Crippen LogP contribution in [-0.4, -0.2) is 63.2 Å². The quantitative estimate of drug-likeness (QED) is 0.678. The maximum Gasteiger partial charge on any atom is 0.407 e. The first-order valence-corrected chi connectivity index (χ1v) is 9.59. The SMILES string of the molecule is CCOC(=O)N[C@H](C(=O)N1CCCC1CC(=O)O)C(C)(C)SC(C)C. The fourth-order valence-corrected chi connectivity index (χ4v) is 4.72. The van der Waals surface area contributed by atoms with Crippen molar-refractivity contribution in [2.24, 2.45) is 0 Å².